The van der Waals surface area contributed by atoms with Crippen LogP contribution in [0.15, 0.2) is 33.2 Å². The number of aryl methyl sites for hydroxylation is 2. The largest absolute Gasteiger partial charge is 0.464 e. The van der Waals surface area contributed by atoms with E-state index in [9.17, 15) is 4.79 Å². The highest BCUT2D eigenvalue weighted by Gasteiger charge is 2.23. The van der Waals surface area contributed by atoms with E-state index in [0.29, 0.717) is 11.7 Å². The van der Waals surface area contributed by atoms with Crippen molar-refractivity contribution in [3.8, 4) is 11.5 Å². The minimum atomic E-state index is -0.506. The van der Waals surface area contributed by atoms with Gasteiger partial charge in [-0.25, -0.2) is 9.78 Å². The van der Waals surface area contributed by atoms with E-state index in [1.807, 2.05) is 35.9 Å². The minimum Gasteiger partial charge on any atom is -0.464 e. The third-order valence-electron chi connectivity index (χ3n) is 3.35. The zero-order chi connectivity index (χ0) is 15.1. The van der Waals surface area contributed by atoms with Crippen molar-refractivity contribution in [1.82, 2.24) is 9.55 Å². The molecule has 108 valence electrons. The van der Waals surface area contributed by atoms with Crippen molar-refractivity contribution in [1.29, 1.82) is 0 Å². The lowest BCUT2D eigenvalue weighted by molar-refractivity contribution is 0.0595. The van der Waals surface area contributed by atoms with Gasteiger partial charge in [0.05, 0.1) is 12.8 Å². The SMILES string of the molecule is COC(=O)c1nc(C)oc1-c1cc2cc(Br)ccc2n1C. The Kier molecular flexibility index (Phi) is 3.33. The van der Waals surface area contributed by atoms with Crippen LogP contribution in [0.3, 0.4) is 0 Å². The smallest absolute Gasteiger partial charge is 0.360 e. The Labute approximate surface area is 129 Å². The Hall–Kier alpha value is -2.08. The number of rotatable bonds is 2. The van der Waals surface area contributed by atoms with Gasteiger partial charge in [0.2, 0.25) is 0 Å². The molecule has 0 N–H and O–H groups in total. The third-order valence-corrected chi connectivity index (χ3v) is 3.84. The number of hydrogen-bond acceptors (Lipinski definition) is 4. The van der Waals surface area contributed by atoms with Crippen LogP contribution in [0.4, 0.5) is 0 Å². The molecule has 0 radical (unpaired) electrons. The second kappa shape index (κ2) is 5.04. The Morgan fingerprint density at radius 2 is 2.14 bits per heavy atom. The molecule has 0 saturated heterocycles. The van der Waals surface area contributed by atoms with Gasteiger partial charge in [-0.15, -0.1) is 0 Å². The van der Waals surface area contributed by atoms with Crippen molar-refractivity contribution in [2.45, 2.75) is 6.92 Å². The van der Waals surface area contributed by atoms with Crippen LogP contribution in [-0.4, -0.2) is 22.6 Å². The summed E-state index contributed by atoms with van der Waals surface area (Å²) in [5.74, 6) is 0.347. The lowest BCUT2D eigenvalue weighted by Gasteiger charge is -2.02. The van der Waals surface area contributed by atoms with Crippen LogP contribution < -0.4 is 0 Å². The molecule has 0 fully saturated rings. The van der Waals surface area contributed by atoms with Crippen molar-refractivity contribution in [3.63, 3.8) is 0 Å². The fourth-order valence-electron chi connectivity index (χ4n) is 2.37. The van der Waals surface area contributed by atoms with Gasteiger partial charge in [0, 0.05) is 29.3 Å². The van der Waals surface area contributed by atoms with Gasteiger partial charge in [-0.1, -0.05) is 15.9 Å². The monoisotopic (exact) mass is 348 g/mol. The summed E-state index contributed by atoms with van der Waals surface area (Å²) in [4.78, 5) is 16.0. The number of oxazole rings is 1. The number of halogens is 1. The highest BCUT2D eigenvalue weighted by atomic mass is 79.9. The lowest BCUT2D eigenvalue weighted by atomic mass is 10.2. The van der Waals surface area contributed by atoms with Gasteiger partial charge >= 0.3 is 5.97 Å². The summed E-state index contributed by atoms with van der Waals surface area (Å²) in [6, 6.07) is 7.95. The maximum absolute atomic E-state index is 11.8. The number of carbonyl (C=O) groups is 1. The van der Waals surface area contributed by atoms with Crippen LogP contribution >= 0.6 is 15.9 Å². The van der Waals surface area contributed by atoms with E-state index in [4.69, 9.17) is 9.15 Å². The first-order valence-corrected chi connectivity index (χ1v) is 7.11. The number of esters is 1. The molecule has 0 aliphatic heterocycles. The molecule has 0 aliphatic carbocycles. The molecule has 1 aromatic carbocycles. The van der Waals surface area contributed by atoms with E-state index in [1.54, 1.807) is 6.92 Å². The van der Waals surface area contributed by atoms with E-state index in [2.05, 4.69) is 20.9 Å². The van der Waals surface area contributed by atoms with E-state index >= 15 is 0 Å². The van der Waals surface area contributed by atoms with Crippen LogP contribution in [0.2, 0.25) is 0 Å². The molecule has 5 nitrogen and oxygen atoms in total. The van der Waals surface area contributed by atoms with Crippen LogP contribution in [0.5, 0.6) is 0 Å². The quantitative estimate of drug-likeness (QED) is 0.662. The fraction of sp³-hybridized carbons (Fsp3) is 0.200. The van der Waals surface area contributed by atoms with Crippen LogP contribution in [-0.2, 0) is 11.8 Å². The lowest BCUT2D eigenvalue weighted by Crippen LogP contribution is -2.04. The molecule has 2 aromatic heterocycles. The van der Waals surface area contributed by atoms with Gasteiger partial charge in [0.1, 0.15) is 0 Å². The molecule has 0 bridgehead atoms. The van der Waals surface area contributed by atoms with Crippen LogP contribution in [0.1, 0.15) is 16.4 Å². The first-order chi connectivity index (χ1) is 10.0. The number of nitrogens with zero attached hydrogens (tertiary/aromatic N) is 2. The summed E-state index contributed by atoms with van der Waals surface area (Å²) in [6.45, 7) is 1.70. The summed E-state index contributed by atoms with van der Waals surface area (Å²) in [7, 11) is 3.25. The second-order valence-corrected chi connectivity index (χ2v) is 5.61. The fourth-order valence-corrected chi connectivity index (χ4v) is 2.75. The molecule has 0 aliphatic rings. The topological polar surface area (TPSA) is 57.3 Å². The molecule has 3 aromatic rings. The van der Waals surface area contributed by atoms with Gasteiger partial charge < -0.3 is 13.7 Å². The number of hydrogen-bond donors (Lipinski definition) is 0. The van der Waals surface area contributed by atoms with Crippen LogP contribution in [0.25, 0.3) is 22.4 Å². The third kappa shape index (κ3) is 2.25. The Morgan fingerprint density at radius 3 is 2.86 bits per heavy atom. The second-order valence-electron chi connectivity index (χ2n) is 4.69. The van der Waals surface area contributed by atoms with Crippen molar-refractivity contribution in [3.05, 3.63) is 40.3 Å². The molecular formula is C15H13BrN2O3. The van der Waals surface area contributed by atoms with E-state index < -0.39 is 5.97 Å². The average Bonchev–Trinajstić information content (AvgIpc) is 2.98. The molecule has 0 unspecified atom stereocenters. The molecule has 6 heteroatoms. The molecule has 2 heterocycles. The predicted molar refractivity (Wildman–Crippen MR) is 82.2 cm³/mol. The van der Waals surface area contributed by atoms with Gasteiger partial charge in [0.25, 0.3) is 0 Å². The van der Waals surface area contributed by atoms with Gasteiger partial charge in [-0.3, -0.25) is 0 Å². The summed E-state index contributed by atoms with van der Waals surface area (Å²) in [5.41, 5.74) is 2.02. The summed E-state index contributed by atoms with van der Waals surface area (Å²) < 4.78 is 13.3. The summed E-state index contributed by atoms with van der Waals surface area (Å²) in [5, 5.41) is 1.05. The maximum atomic E-state index is 11.8. The zero-order valence-electron chi connectivity index (χ0n) is 11.8. The van der Waals surface area contributed by atoms with Crippen molar-refractivity contribution in [2.75, 3.05) is 7.11 Å². The highest BCUT2D eigenvalue weighted by Crippen LogP contribution is 2.31. The van der Waals surface area contributed by atoms with Crippen molar-refractivity contribution < 1.29 is 13.9 Å². The standard InChI is InChI=1S/C15H13BrN2O3/c1-8-17-13(15(19)20-3)14(21-8)12-7-9-6-10(16)4-5-11(9)18(12)2/h4-7H,1-3H3. The number of aromatic nitrogens is 2. The molecule has 3 rings (SSSR count). The number of methoxy groups -OCH3 is 1. The number of benzene rings is 1. The first kappa shape index (κ1) is 13.9. The van der Waals surface area contributed by atoms with E-state index in [0.717, 1.165) is 21.1 Å². The van der Waals surface area contributed by atoms with E-state index in [-0.39, 0.29) is 5.69 Å². The average molecular weight is 349 g/mol. The summed E-state index contributed by atoms with van der Waals surface area (Å²) >= 11 is 3.46. The summed E-state index contributed by atoms with van der Waals surface area (Å²) in [6.07, 6.45) is 0. The Bertz CT molecular complexity index is 848. The first-order valence-electron chi connectivity index (χ1n) is 6.32. The predicted octanol–water partition coefficient (Wildman–Crippen LogP) is 3.69. The number of carbonyl (C=O) groups excluding carboxylic acids is 1. The van der Waals surface area contributed by atoms with Gasteiger partial charge in [0.15, 0.2) is 17.3 Å². The molecule has 0 spiro atoms. The number of ether oxygens (including phenoxy) is 1. The maximum Gasteiger partial charge on any atom is 0.360 e. The minimum absolute atomic E-state index is 0.194. The van der Waals surface area contributed by atoms with Crippen molar-refractivity contribution in [2.24, 2.45) is 7.05 Å². The van der Waals surface area contributed by atoms with Gasteiger partial charge in [-0.2, -0.15) is 0 Å². The highest BCUT2D eigenvalue weighted by molar-refractivity contribution is 9.10. The molecule has 0 saturated carbocycles. The molecule has 21 heavy (non-hydrogen) atoms. The number of fused-ring (bicyclic) bond motifs is 1. The normalized spacial score (nSPS) is 11.0. The molecule has 0 amide bonds. The van der Waals surface area contributed by atoms with Gasteiger partial charge in [-0.05, 0) is 24.3 Å². The van der Waals surface area contributed by atoms with Crippen molar-refractivity contribution >= 4 is 32.8 Å². The van der Waals surface area contributed by atoms with Crippen LogP contribution in [0, 0.1) is 6.92 Å². The Balaban J connectivity index is 2.26. The molecule has 0 atom stereocenters. The molecular weight excluding hydrogens is 336 g/mol. The zero-order valence-corrected chi connectivity index (χ0v) is 13.4. The Morgan fingerprint density at radius 1 is 1.38 bits per heavy atom. The van der Waals surface area contributed by atoms with E-state index in [1.165, 1.54) is 7.11 Å².